The molecule has 0 aliphatic carbocycles. The lowest BCUT2D eigenvalue weighted by atomic mass is 10.2. The minimum absolute atomic E-state index is 0.125. The SMILES string of the molecule is O=C(N/N=C\c1ccncc1)c1cccc(S(=O)(=O)N2CCCC2)c1. The molecule has 0 unspecified atom stereocenters. The van der Waals surface area contributed by atoms with E-state index in [1.165, 1.54) is 22.7 Å². The summed E-state index contributed by atoms with van der Waals surface area (Å²) in [5.74, 6) is -0.469. The van der Waals surface area contributed by atoms with E-state index in [2.05, 4.69) is 15.5 Å². The molecule has 2 aromatic rings. The Bertz CT molecular complexity index is 876. The molecule has 1 amide bonds. The van der Waals surface area contributed by atoms with Crippen molar-refractivity contribution in [3.05, 3.63) is 59.9 Å². The van der Waals surface area contributed by atoms with Gasteiger partial charge in [-0.05, 0) is 48.7 Å². The highest BCUT2D eigenvalue weighted by atomic mass is 32.2. The van der Waals surface area contributed by atoms with Crippen molar-refractivity contribution in [1.29, 1.82) is 0 Å². The quantitative estimate of drug-likeness (QED) is 0.649. The lowest BCUT2D eigenvalue weighted by Gasteiger charge is -2.15. The van der Waals surface area contributed by atoms with Crippen LogP contribution >= 0.6 is 0 Å². The van der Waals surface area contributed by atoms with E-state index in [1.807, 2.05) is 0 Å². The average Bonchev–Trinajstić information content (AvgIpc) is 3.18. The molecule has 0 atom stereocenters. The summed E-state index contributed by atoms with van der Waals surface area (Å²) in [5.41, 5.74) is 3.43. The molecule has 1 fully saturated rings. The van der Waals surface area contributed by atoms with Crippen molar-refractivity contribution in [1.82, 2.24) is 14.7 Å². The molecule has 0 spiro atoms. The number of aromatic nitrogens is 1. The highest BCUT2D eigenvalue weighted by Crippen LogP contribution is 2.21. The van der Waals surface area contributed by atoms with E-state index >= 15 is 0 Å². The number of hydrogen-bond donors (Lipinski definition) is 1. The molecule has 1 N–H and O–H groups in total. The Morgan fingerprint density at radius 2 is 1.88 bits per heavy atom. The van der Waals surface area contributed by atoms with E-state index in [0.717, 1.165) is 18.4 Å². The maximum absolute atomic E-state index is 12.6. The number of pyridine rings is 1. The van der Waals surface area contributed by atoms with Crippen molar-refractivity contribution < 1.29 is 13.2 Å². The van der Waals surface area contributed by atoms with Gasteiger partial charge >= 0.3 is 0 Å². The third kappa shape index (κ3) is 4.09. The summed E-state index contributed by atoms with van der Waals surface area (Å²) >= 11 is 0. The molecule has 1 aliphatic rings. The van der Waals surface area contributed by atoms with E-state index in [9.17, 15) is 13.2 Å². The standard InChI is InChI=1S/C17H18N4O3S/c22-17(20-19-13-14-6-8-18-9-7-14)15-4-3-5-16(12-15)25(23,24)21-10-1-2-11-21/h3-9,12-13H,1-2,10-11H2,(H,20,22)/b19-13-. The second-order valence-electron chi connectivity index (χ2n) is 5.62. The Balaban J connectivity index is 1.72. The fourth-order valence-corrected chi connectivity index (χ4v) is 4.12. The van der Waals surface area contributed by atoms with Crippen molar-refractivity contribution in [2.45, 2.75) is 17.7 Å². The summed E-state index contributed by atoms with van der Waals surface area (Å²) in [6.45, 7) is 1.05. The van der Waals surface area contributed by atoms with Crippen molar-refractivity contribution >= 4 is 22.1 Å². The van der Waals surface area contributed by atoms with Crippen LogP contribution in [0, 0.1) is 0 Å². The van der Waals surface area contributed by atoms with E-state index in [0.29, 0.717) is 13.1 Å². The van der Waals surface area contributed by atoms with E-state index < -0.39 is 15.9 Å². The number of rotatable bonds is 5. The second-order valence-corrected chi connectivity index (χ2v) is 7.56. The summed E-state index contributed by atoms with van der Waals surface area (Å²) in [4.78, 5) is 16.2. The van der Waals surface area contributed by atoms with Gasteiger partial charge in [0, 0.05) is 31.0 Å². The van der Waals surface area contributed by atoms with Crippen LogP contribution in [0.25, 0.3) is 0 Å². The van der Waals surface area contributed by atoms with E-state index in [4.69, 9.17) is 0 Å². The van der Waals surface area contributed by atoms with Gasteiger partial charge < -0.3 is 0 Å². The summed E-state index contributed by atoms with van der Waals surface area (Å²) in [5, 5.41) is 3.88. The van der Waals surface area contributed by atoms with Gasteiger partial charge in [-0.1, -0.05) is 6.07 Å². The largest absolute Gasteiger partial charge is 0.271 e. The Hall–Kier alpha value is -2.58. The molecule has 0 radical (unpaired) electrons. The summed E-state index contributed by atoms with van der Waals surface area (Å²) < 4.78 is 26.6. The number of sulfonamides is 1. The minimum atomic E-state index is -3.55. The van der Waals surface area contributed by atoms with Gasteiger partial charge in [-0.15, -0.1) is 0 Å². The van der Waals surface area contributed by atoms with Gasteiger partial charge in [0.05, 0.1) is 11.1 Å². The smallest absolute Gasteiger partial charge is 0.267 e. The normalized spacial score (nSPS) is 15.5. The molecular formula is C17H18N4O3S. The minimum Gasteiger partial charge on any atom is -0.267 e. The maximum atomic E-state index is 12.6. The number of carbonyl (C=O) groups is 1. The number of nitrogens with one attached hydrogen (secondary N) is 1. The first-order valence-electron chi connectivity index (χ1n) is 7.91. The van der Waals surface area contributed by atoms with Crippen LogP contribution < -0.4 is 5.43 Å². The zero-order chi connectivity index (χ0) is 17.7. The van der Waals surface area contributed by atoms with Gasteiger partial charge in [0.15, 0.2) is 0 Å². The zero-order valence-corrected chi connectivity index (χ0v) is 14.3. The molecule has 1 saturated heterocycles. The molecule has 0 saturated carbocycles. The first-order valence-corrected chi connectivity index (χ1v) is 9.35. The number of amides is 1. The van der Waals surface area contributed by atoms with E-state index in [1.54, 1.807) is 36.7 Å². The third-order valence-corrected chi connectivity index (χ3v) is 5.78. The number of hydrogen-bond acceptors (Lipinski definition) is 5. The Morgan fingerprint density at radius 1 is 1.16 bits per heavy atom. The molecule has 130 valence electrons. The summed E-state index contributed by atoms with van der Waals surface area (Å²) in [6.07, 6.45) is 6.46. The molecule has 2 heterocycles. The maximum Gasteiger partial charge on any atom is 0.271 e. The lowest BCUT2D eigenvalue weighted by Crippen LogP contribution is -2.28. The van der Waals surface area contributed by atoms with Gasteiger partial charge in [0.1, 0.15) is 0 Å². The molecule has 1 aliphatic heterocycles. The van der Waals surface area contributed by atoms with Crippen molar-refractivity contribution in [2.75, 3.05) is 13.1 Å². The van der Waals surface area contributed by atoms with Crippen LogP contribution in [0.3, 0.4) is 0 Å². The van der Waals surface area contributed by atoms with Crippen LogP contribution in [0.4, 0.5) is 0 Å². The second kappa shape index (κ2) is 7.54. The predicted molar refractivity (Wildman–Crippen MR) is 93.7 cm³/mol. The van der Waals surface area contributed by atoms with Crippen molar-refractivity contribution in [2.24, 2.45) is 5.10 Å². The number of carbonyl (C=O) groups excluding carboxylic acids is 1. The predicted octanol–water partition coefficient (Wildman–Crippen LogP) is 1.63. The zero-order valence-electron chi connectivity index (χ0n) is 13.5. The molecule has 25 heavy (non-hydrogen) atoms. The third-order valence-electron chi connectivity index (χ3n) is 3.88. The van der Waals surface area contributed by atoms with Crippen LogP contribution in [0.2, 0.25) is 0 Å². The van der Waals surface area contributed by atoms with Crippen LogP contribution in [0.15, 0.2) is 58.8 Å². The van der Waals surface area contributed by atoms with Crippen molar-refractivity contribution in [3.8, 4) is 0 Å². The fourth-order valence-electron chi connectivity index (χ4n) is 2.55. The van der Waals surface area contributed by atoms with Crippen molar-refractivity contribution in [3.63, 3.8) is 0 Å². The lowest BCUT2D eigenvalue weighted by molar-refractivity contribution is 0.0955. The molecule has 8 heteroatoms. The highest BCUT2D eigenvalue weighted by molar-refractivity contribution is 7.89. The molecule has 0 bridgehead atoms. The monoisotopic (exact) mass is 358 g/mol. The Morgan fingerprint density at radius 3 is 2.60 bits per heavy atom. The van der Waals surface area contributed by atoms with Crippen LogP contribution in [0.1, 0.15) is 28.8 Å². The fraction of sp³-hybridized carbons (Fsp3) is 0.235. The van der Waals surface area contributed by atoms with Gasteiger partial charge in [0.2, 0.25) is 10.0 Å². The van der Waals surface area contributed by atoms with Gasteiger partial charge in [-0.25, -0.2) is 13.8 Å². The topological polar surface area (TPSA) is 91.7 Å². The van der Waals surface area contributed by atoms with E-state index in [-0.39, 0.29) is 10.5 Å². The molecule has 7 nitrogen and oxygen atoms in total. The van der Waals surface area contributed by atoms with Crippen LogP contribution in [-0.2, 0) is 10.0 Å². The number of benzene rings is 1. The molecular weight excluding hydrogens is 340 g/mol. The first kappa shape index (κ1) is 17.2. The Labute approximate surface area is 146 Å². The molecule has 1 aromatic heterocycles. The van der Waals surface area contributed by atoms with Crippen LogP contribution in [0.5, 0.6) is 0 Å². The van der Waals surface area contributed by atoms with Crippen LogP contribution in [-0.4, -0.2) is 42.9 Å². The first-order chi connectivity index (χ1) is 12.1. The molecule has 1 aromatic carbocycles. The summed E-state index contributed by atoms with van der Waals surface area (Å²) in [7, 11) is -3.55. The van der Waals surface area contributed by atoms with Gasteiger partial charge in [-0.3, -0.25) is 9.78 Å². The summed E-state index contributed by atoms with van der Waals surface area (Å²) in [6, 6.07) is 9.50. The number of nitrogens with zero attached hydrogens (tertiary/aromatic N) is 3. The molecule has 3 rings (SSSR count). The average molecular weight is 358 g/mol. The van der Waals surface area contributed by atoms with Gasteiger partial charge in [0.25, 0.3) is 5.91 Å². The highest BCUT2D eigenvalue weighted by Gasteiger charge is 2.27. The number of hydrazone groups is 1. The van der Waals surface area contributed by atoms with Gasteiger partial charge in [-0.2, -0.15) is 9.41 Å². The Kier molecular flexibility index (Phi) is 5.20.